The van der Waals surface area contributed by atoms with Crippen molar-refractivity contribution in [3.05, 3.63) is 18.0 Å². The van der Waals surface area contributed by atoms with E-state index in [2.05, 4.69) is 39.4 Å². The van der Waals surface area contributed by atoms with E-state index in [-0.39, 0.29) is 6.10 Å². The van der Waals surface area contributed by atoms with Crippen LogP contribution in [0.25, 0.3) is 5.65 Å². The lowest BCUT2D eigenvalue weighted by atomic mass is 10.2. The van der Waals surface area contributed by atoms with Crippen molar-refractivity contribution in [3.63, 3.8) is 0 Å². The van der Waals surface area contributed by atoms with Crippen LogP contribution in [0.1, 0.15) is 38.4 Å². The lowest BCUT2D eigenvalue weighted by Gasteiger charge is -2.34. The molecule has 1 saturated carbocycles. The number of nitrogens with one attached hydrogen (secondary N) is 1. The van der Waals surface area contributed by atoms with E-state index >= 15 is 0 Å². The number of hydrogen-bond donors (Lipinski definition) is 1. The number of rotatable bonds is 6. The van der Waals surface area contributed by atoms with Gasteiger partial charge in [0, 0.05) is 32.1 Å². The Morgan fingerprint density at radius 3 is 2.96 bits per heavy atom. The van der Waals surface area contributed by atoms with Crippen LogP contribution in [0.3, 0.4) is 0 Å². The molecule has 2 aromatic heterocycles. The highest BCUT2D eigenvalue weighted by Gasteiger charge is 2.29. The Balaban J connectivity index is 1.38. The minimum absolute atomic E-state index is 0.207. The van der Waals surface area contributed by atoms with Crippen molar-refractivity contribution in [1.82, 2.24) is 24.7 Å². The van der Waals surface area contributed by atoms with Gasteiger partial charge in [0.1, 0.15) is 5.82 Å². The number of fused-ring (bicyclic) bond motifs is 1. The molecular weight excluding hydrogens is 304 g/mol. The summed E-state index contributed by atoms with van der Waals surface area (Å²) >= 11 is 0. The van der Waals surface area contributed by atoms with Gasteiger partial charge in [0.25, 0.3) is 0 Å². The van der Waals surface area contributed by atoms with Crippen molar-refractivity contribution in [3.8, 4) is 0 Å². The quantitative estimate of drug-likeness (QED) is 0.871. The first-order chi connectivity index (χ1) is 11.7. The fraction of sp³-hybridized carbons (Fsp3) is 0.706. The summed E-state index contributed by atoms with van der Waals surface area (Å²) in [5.41, 5.74) is 0.819. The lowest BCUT2D eigenvalue weighted by Crippen LogP contribution is -2.46. The third-order valence-electron chi connectivity index (χ3n) is 4.59. The van der Waals surface area contributed by atoms with E-state index < -0.39 is 0 Å². The second-order valence-corrected chi connectivity index (χ2v) is 7.35. The van der Waals surface area contributed by atoms with E-state index in [9.17, 15) is 0 Å². The molecule has 7 heteroatoms. The molecule has 0 spiro atoms. The number of hydrogen-bond acceptors (Lipinski definition) is 6. The summed E-state index contributed by atoms with van der Waals surface area (Å²) in [5.74, 6) is 3.07. The average molecular weight is 330 g/mol. The van der Waals surface area contributed by atoms with Gasteiger partial charge < -0.3 is 10.1 Å². The first kappa shape index (κ1) is 15.8. The molecule has 130 valence electrons. The van der Waals surface area contributed by atoms with E-state index in [4.69, 9.17) is 4.74 Å². The third kappa shape index (κ3) is 3.52. The van der Waals surface area contributed by atoms with Crippen molar-refractivity contribution < 1.29 is 4.74 Å². The molecule has 0 unspecified atom stereocenters. The Labute approximate surface area is 142 Å². The van der Waals surface area contributed by atoms with Gasteiger partial charge in [-0.25, -0.2) is 0 Å². The number of ether oxygens (including phenoxy) is 1. The van der Waals surface area contributed by atoms with Gasteiger partial charge in [-0.2, -0.15) is 4.52 Å². The van der Waals surface area contributed by atoms with E-state index in [0.717, 1.165) is 50.1 Å². The molecule has 0 radical (unpaired) electrons. The van der Waals surface area contributed by atoms with Gasteiger partial charge in [0.15, 0.2) is 11.5 Å². The zero-order valence-electron chi connectivity index (χ0n) is 14.5. The molecule has 24 heavy (non-hydrogen) atoms. The maximum atomic E-state index is 5.89. The standard InChI is InChI=1S/C17H26N6O/c1-12(2)10-22-7-8-24-14(11-22)9-18-15-5-6-16-19-20-17(13-3-4-13)23(16)21-15/h5-6,12-14H,3-4,7-11H2,1-2H3,(H,18,21)/t14-/m1/s1. The zero-order chi connectivity index (χ0) is 16.5. The van der Waals surface area contributed by atoms with E-state index in [1.807, 2.05) is 16.6 Å². The molecule has 2 fully saturated rings. The van der Waals surface area contributed by atoms with Gasteiger partial charge in [-0.15, -0.1) is 15.3 Å². The molecule has 7 nitrogen and oxygen atoms in total. The molecule has 1 N–H and O–H groups in total. The first-order valence-corrected chi connectivity index (χ1v) is 8.99. The predicted octanol–water partition coefficient (Wildman–Crippen LogP) is 1.77. The highest BCUT2D eigenvalue weighted by molar-refractivity contribution is 5.44. The Kier molecular flexibility index (Phi) is 4.37. The minimum atomic E-state index is 0.207. The summed E-state index contributed by atoms with van der Waals surface area (Å²) in [6.07, 6.45) is 2.60. The number of nitrogens with zero attached hydrogens (tertiary/aromatic N) is 5. The van der Waals surface area contributed by atoms with Crippen LogP contribution < -0.4 is 5.32 Å². The summed E-state index contributed by atoms with van der Waals surface area (Å²) in [7, 11) is 0. The molecule has 1 atom stereocenters. The van der Waals surface area contributed by atoms with Gasteiger partial charge in [0.2, 0.25) is 0 Å². The van der Waals surface area contributed by atoms with E-state index in [1.54, 1.807) is 0 Å². The maximum absolute atomic E-state index is 5.89. The van der Waals surface area contributed by atoms with Crippen LogP contribution in [0.4, 0.5) is 5.82 Å². The molecule has 2 aliphatic rings. The normalized spacial score (nSPS) is 22.4. The molecule has 1 aliphatic carbocycles. The van der Waals surface area contributed by atoms with E-state index in [1.165, 1.54) is 12.8 Å². The largest absolute Gasteiger partial charge is 0.374 e. The highest BCUT2D eigenvalue weighted by Crippen LogP contribution is 2.38. The van der Waals surface area contributed by atoms with Crippen LogP contribution in [0.2, 0.25) is 0 Å². The van der Waals surface area contributed by atoms with Crippen LogP contribution in [0, 0.1) is 5.92 Å². The average Bonchev–Trinajstić information content (AvgIpc) is 3.32. The van der Waals surface area contributed by atoms with Gasteiger partial charge in [-0.1, -0.05) is 13.8 Å². The molecule has 1 saturated heterocycles. The van der Waals surface area contributed by atoms with Gasteiger partial charge in [-0.05, 0) is 30.9 Å². The minimum Gasteiger partial charge on any atom is -0.374 e. The van der Waals surface area contributed by atoms with Crippen LogP contribution in [0.5, 0.6) is 0 Å². The summed E-state index contributed by atoms with van der Waals surface area (Å²) in [6.45, 7) is 9.25. The van der Waals surface area contributed by atoms with Crippen molar-refractivity contribution in [1.29, 1.82) is 0 Å². The summed E-state index contributed by atoms with van der Waals surface area (Å²) in [5, 5.41) is 16.6. The summed E-state index contributed by atoms with van der Waals surface area (Å²) in [4.78, 5) is 2.49. The predicted molar refractivity (Wildman–Crippen MR) is 92.3 cm³/mol. The first-order valence-electron chi connectivity index (χ1n) is 8.99. The molecule has 0 bridgehead atoms. The number of aromatic nitrogens is 4. The van der Waals surface area contributed by atoms with Crippen molar-refractivity contribution in [2.24, 2.45) is 5.92 Å². The zero-order valence-corrected chi connectivity index (χ0v) is 14.5. The number of anilines is 1. The third-order valence-corrected chi connectivity index (χ3v) is 4.59. The van der Waals surface area contributed by atoms with Crippen LogP contribution in [-0.2, 0) is 4.74 Å². The smallest absolute Gasteiger partial charge is 0.178 e. The highest BCUT2D eigenvalue weighted by atomic mass is 16.5. The second-order valence-electron chi connectivity index (χ2n) is 7.35. The van der Waals surface area contributed by atoms with Gasteiger partial charge >= 0.3 is 0 Å². The topological polar surface area (TPSA) is 67.6 Å². The van der Waals surface area contributed by atoms with Crippen molar-refractivity contribution >= 4 is 11.5 Å². The molecule has 0 amide bonds. The molecular formula is C17H26N6O. The number of morpholine rings is 1. The summed E-state index contributed by atoms with van der Waals surface area (Å²) < 4.78 is 7.77. The second kappa shape index (κ2) is 6.64. The fourth-order valence-electron chi connectivity index (χ4n) is 3.30. The molecule has 1 aliphatic heterocycles. The van der Waals surface area contributed by atoms with Crippen molar-refractivity contribution in [2.75, 3.05) is 38.1 Å². The van der Waals surface area contributed by atoms with Crippen LogP contribution in [-0.4, -0.2) is 63.6 Å². The van der Waals surface area contributed by atoms with Gasteiger partial charge in [-0.3, -0.25) is 4.90 Å². The maximum Gasteiger partial charge on any atom is 0.178 e. The SMILES string of the molecule is CC(C)CN1CCO[C@H](CNc2ccc3nnc(C4CC4)n3n2)C1. The molecule has 3 heterocycles. The monoisotopic (exact) mass is 330 g/mol. The van der Waals surface area contributed by atoms with Crippen LogP contribution in [0.15, 0.2) is 12.1 Å². The Morgan fingerprint density at radius 2 is 2.17 bits per heavy atom. The Bertz CT molecular complexity index is 695. The van der Waals surface area contributed by atoms with E-state index in [0.29, 0.717) is 11.8 Å². The molecule has 2 aromatic rings. The summed E-state index contributed by atoms with van der Waals surface area (Å²) in [6, 6.07) is 3.94. The fourth-order valence-corrected chi connectivity index (χ4v) is 3.30. The van der Waals surface area contributed by atoms with Crippen LogP contribution >= 0.6 is 0 Å². The Morgan fingerprint density at radius 1 is 1.29 bits per heavy atom. The Hall–Kier alpha value is -1.73. The van der Waals surface area contributed by atoms with Crippen molar-refractivity contribution in [2.45, 2.75) is 38.7 Å². The molecule has 4 rings (SSSR count). The molecule has 0 aromatic carbocycles. The van der Waals surface area contributed by atoms with Gasteiger partial charge in [0.05, 0.1) is 12.7 Å². The lowest BCUT2D eigenvalue weighted by molar-refractivity contribution is -0.0244.